The van der Waals surface area contributed by atoms with Crippen LogP contribution in [0.2, 0.25) is 0 Å². The first-order chi connectivity index (χ1) is 9.70. The van der Waals surface area contributed by atoms with Crippen molar-refractivity contribution in [2.75, 3.05) is 26.3 Å². The number of hydrogen-bond acceptors (Lipinski definition) is 3. The SMILES string of the molecule is CCOC[C@H]1CCCN(C(=O)NCc2sccc2C)C1. The van der Waals surface area contributed by atoms with Crippen LogP contribution >= 0.6 is 11.3 Å². The van der Waals surface area contributed by atoms with E-state index in [2.05, 4.69) is 23.7 Å². The Morgan fingerprint density at radius 1 is 1.60 bits per heavy atom. The molecule has 1 aromatic rings. The minimum atomic E-state index is 0.0546. The molecule has 1 atom stereocenters. The van der Waals surface area contributed by atoms with Crippen molar-refractivity contribution in [3.8, 4) is 0 Å². The highest BCUT2D eigenvalue weighted by molar-refractivity contribution is 7.10. The van der Waals surface area contributed by atoms with Crippen LogP contribution in [0.1, 0.15) is 30.2 Å². The lowest BCUT2D eigenvalue weighted by Gasteiger charge is -2.32. The Morgan fingerprint density at radius 2 is 2.45 bits per heavy atom. The zero-order chi connectivity index (χ0) is 14.4. The van der Waals surface area contributed by atoms with Crippen LogP contribution in [0.5, 0.6) is 0 Å². The Hall–Kier alpha value is -1.07. The summed E-state index contributed by atoms with van der Waals surface area (Å²) in [6, 6.07) is 2.14. The van der Waals surface area contributed by atoms with E-state index in [0.717, 1.165) is 39.1 Å². The van der Waals surface area contributed by atoms with Gasteiger partial charge in [0.2, 0.25) is 0 Å². The lowest BCUT2D eigenvalue weighted by atomic mass is 9.99. The van der Waals surface area contributed by atoms with Gasteiger partial charge in [0.25, 0.3) is 0 Å². The number of urea groups is 1. The van der Waals surface area contributed by atoms with E-state index in [1.54, 1.807) is 11.3 Å². The number of ether oxygens (including phenoxy) is 1. The summed E-state index contributed by atoms with van der Waals surface area (Å²) in [6.45, 7) is 7.92. The first kappa shape index (κ1) is 15.3. The van der Waals surface area contributed by atoms with Crippen molar-refractivity contribution < 1.29 is 9.53 Å². The predicted molar refractivity (Wildman–Crippen MR) is 82.1 cm³/mol. The lowest BCUT2D eigenvalue weighted by molar-refractivity contribution is 0.0756. The standard InChI is InChI=1S/C15H24N2O2S/c1-3-19-11-13-5-4-7-17(10-13)15(18)16-9-14-12(2)6-8-20-14/h6,8,13H,3-5,7,9-11H2,1-2H3,(H,16,18)/t13-/m0/s1. The zero-order valence-electron chi connectivity index (χ0n) is 12.4. The number of likely N-dealkylation sites (tertiary alicyclic amines) is 1. The molecule has 20 heavy (non-hydrogen) atoms. The van der Waals surface area contributed by atoms with Gasteiger partial charge >= 0.3 is 6.03 Å². The van der Waals surface area contributed by atoms with Gasteiger partial charge in [-0.1, -0.05) is 0 Å². The third-order valence-electron chi connectivity index (χ3n) is 3.73. The van der Waals surface area contributed by atoms with Crippen molar-refractivity contribution in [2.24, 2.45) is 5.92 Å². The molecule has 1 N–H and O–H groups in total. The van der Waals surface area contributed by atoms with E-state index in [1.807, 2.05) is 11.8 Å². The second-order valence-corrected chi connectivity index (χ2v) is 6.30. The van der Waals surface area contributed by atoms with Crippen LogP contribution in [0.4, 0.5) is 4.79 Å². The molecule has 0 unspecified atom stereocenters. The third-order valence-corrected chi connectivity index (χ3v) is 4.76. The number of aryl methyl sites for hydroxylation is 1. The summed E-state index contributed by atoms with van der Waals surface area (Å²) in [7, 11) is 0. The second-order valence-electron chi connectivity index (χ2n) is 5.30. The summed E-state index contributed by atoms with van der Waals surface area (Å²) in [5.74, 6) is 0.484. The summed E-state index contributed by atoms with van der Waals surface area (Å²) < 4.78 is 5.48. The fourth-order valence-corrected chi connectivity index (χ4v) is 3.37. The summed E-state index contributed by atoms with van der Waals surface area (Å²) >= 11 is 1.70. The number of nitrogens with one attached hydrogen (secondary N) is 1. The fraction of sp³-hybridized carbons (Fsp3) is 0.667. The number of nitrogens with zero attached hydrogens (tertiary/aromatic N) is 1. The quantitative estimate of drug-likeness (QED) is 0.907. The molecule has 2 heterocycles. The number of rotatable bonds is 5. The van der Waals surface area contributed by atoms with Gasteiger partial charge in [-0.3, -0.25) is 0 Å². The zero-order valence-corrected chi connectivity index (χ0v) is 13.2. The van der Waals surface area contributed by atoms with Gasteiger partial charge in [0.1, 0.15) is 0 Å². The Morgan fingerprint density at radius 3 is 3.15 bits per heavy atom. The molecule has 1 fully saturated rings. The van der Waals surface area contributed by atoms with Crippen molar-refractivity contribution in [2.45, 2.75) is 33.2 Å². The normalized spacial score (nSPS) is 19.1. The van der Waals surface area contributed by atoms with E-state index >= 15 is 0 Å². The molecule has 1 aliphatic rings. The van der Waals surface area contributed by atoms with Crippen molar-refractivity contribution in [1.82, 2.24) is 10.2 Å². The number of carbonyl (C=O) groups is 1. The van der Waals surface area contributed by atoms with Gasteiger partial charge in [-0.15, -0.1) is 11.3 Å². The highest BCUT2D eigenvalue weighted by atomic mass is 32.1. The van der Waals surface area contributed by atoms with Crippen LogP contribution in [0.3, 0.4) is 0 Å². The average molecular weight is 296 g/mol. The summed E-state index contributed by atoms with van der Waals surface area (Å²) in [5.41, 5.74) is 1.25. The molecule has 1 aromatic heterocycles. The van der Waals surface area contributed by atoms with Crippen molar-refractivity contribution in [3.05, 3.63) is 21.9 Å². The highest BCUT2D eigenvalue weighted by Gasteiger charge is 2.23. The summed E-state index contributed by atoms with van der Waals surface area (Å²) in [4.78, 5) is 15.4. The maximum Gasteiger partial charge on any atom is 0.317 e. The number of piperidine rings is 1. The van der Waals surface area contributed by atoms with Crippen LogP contribution in [-0.4, -0.2) is 37.2 Å². The molecule has 0 aliphatic carbocycles. The first-order valence-electron chi connectivity index (χ1n) is 7.34. The molecule has 0 aromatic carbocycles. The molecule has 0 radical (unpaired) electrons. The van der Waals surface area contributed by atoms with Gasteiger partial charge in [-0.25, -0.2) is 4.79 Å². The van der Waals surface area contributed by atoms with Crippen LogP contribution in [0.15, 0.2) is 11.4 Å². The molecule has 1 saturated heterocycles. The maximum absolute atomic E-state index is 12.2. The number of hydrogen-bond donors (Lipinski definition) is 1. The second kappa shape index (κ2) is 7.64. The van der Waals surface area contributed by atoms with E-state index in [-0.39, 0.29) is 6.03 Å². The Kier molecular flexibility index (Phi) is 5.86. The van der Waals surface area contributed by atoms with E-state index in [0.29, 0.717) is 12.5 Å². The van der Waals surface area contributed by atoms with Crippen LogP contribution in [-0.2, 0) is 11.3 Å². The number of carbonyl (C=O) groups excluding carboxylic acids is 1. The third kappa shape index (κ3) is 4.21. The van der Waals surface area contributed by atoms with Gasteiger partial charge in [0.05, 0.1) is 13.2 Å². The molecule has 2 rings (SSSR count). The van der Waals surface area contributed by atoms with Gasteiger partial charge < -0.3 is 15.0 Å². The molecular weight excluding hydrogens is 272 g/mol. The molecule has 0 bridgehead atoms. The van der Waals surface area contributed by atoms with E-state index in [9.17, 15) is 4.79 Å². The molecule has 0 saturated carbocycles. The van der Waals surface area contributed by atoms with Crippen molar-refractivity contribution in [3.63, 3.8) is 0 Å². The smallest absolute Gasteiger partial charge is 0.317 e. The van der Waals surface area contributed by atoms with Crippen LogP contribution in [0.25, 0.3) is 0 Å². The summed E-state index contributed by atoms with van der Waals surface area (Å²) in [6.07, 6.45) is 2.23. The monoisotopic (exact) mass is 296 g/mol. The van der Waals surface area contributed by atoms with Gasteiger partial charge in [0.15, 0.2) is 0 Å². The lowest BCUT2D eigenvalue weighted by Crippen LogP contribution is -2.46. The van der Waals surface area contributed by atoms with E-state index < -0.39 is 0 Å². The molecular formula is C15H24N2O2S. The van der Waals surface area contributed by atoms with E-state index in [1.165, 1.54) is 10.4 Å². The van der Waals surface area contributed by atoms with Crippen molar-refractivity contribution >= 4 is 17.4 Å². The number of amides is 2. The minimum absolute atomic E-state index is 0.0546. The van der Waals surface area contributed by atoms with Crippen LogP contribution in [0, 0.1) is 12.8 Å². The largest absolute Gasteiger partial charge is 0.381 e. The van der Waals surface area contributed by atoms with Crippen molar-refractivity contribution in [1.29, 1.82) is 0 Å². The molecule has 0 spiro atoms. The van der Waals surface area contributed by atoms with E-state index in [4.69, 9.17) is 4.74 Å². The predicted octanol–water partition coefficient (Wildman–Crippen LogP) is 3.01. The molecule has 2 amide bonds. The Labute approximate surface area is 125 Å². The number of thiophene rings is 1. The minimum Gasteiger partial charge on any atom is -0.381 e. The fourth-order valence-electron chi connectivity index (χ4n) is 2.52. The highest BCUT2D eigenvalue weighted by Crippen LogP contribution is 2.18. The van der Waals surface area contributed by atoms with Gasteiger partial charge in [-0.05, 0) is 43.7 Å². The molecule has 4 nitrogen and oxygen atoms in total. The molecule has 112 valence electrons. The van der Waals surface area contributed by atoms with Crippen LogP contribution < -0.4 is 5.32 Å². The maximum atomic E-state index is 12.2. The first-order valence-corrected chi connectivity index (χ1v) is 8.22. The summed E-state index contributed by atoms with van der Waals surface area (Å²) in [5, 5.41) is 5.09. The molecule has 5 heteroatoms. The average Bonchev–Trinajstić information content (AvgIpc) is 2.88. The van der Waals surface area contributed by atoms with Gasteiger partial charge in [-0.2, -0.15) is 0 Å². The topological polar surface area (TPSA) is 41.6 Å². The Balaban J connectivity index is 1.78. The molecule has 1 aliphatic heterocycles. The van der Waals surface area contributed by atoms with Gasteiger partial charge in [0, 0.05) is 30.5 Å². The Bertz CT molecular complexity index is 433.